The summed E-state index contributed by atoms with van der Waals surface area (Å²) in [5.74, 6) is -2.29. The second kappa shape index (κ2) is 5.01. The lowest BCUT2D eigenvalue weighted by Crippen LogP contribution is -2.38. The number of carbonyl (C=O) groups is 1. The van der Waals surface area contributed by atoms with Gasteiger partial charge < -0.3 is 14.3 Å². The molecule has 1 aliphatic heterocycles. The van der Waals surface area contributed by atoms with Crippen LogP contribution in [0.1, 0.15) is 42.9 Å². The van der Waals surface area contributed by atoms with E-state index in [4.69, 9.17) is 4.52 Å². The lowest BCUT2D eigenvalue weighted by atomic mass is 10.2. The van der Waals surface area contributed by atoms with Crippen molar-refractivity contribution < 1.29 is 18.1 Å². The van der Waals surface area contributed by atoms with Gasteiger partial charge in [-0.1, -0.05) is 5.16 Å². The average molecular weight is 300 g/mol. The number of hydrogen-bond acceptors (Lipinski definition) is 5. The summed E-state index contributed by atoms with van der Waals surface area (Å²) in [5, 5.41) is 3.85. The number of halogens is 2. The quantitative estimate of drug-likeness (QED) is 0.841. The van der Waals surface area contributed by atoms with Gasteiger partial charge in [-0.25, -0.2) is 8.78 Å². The molecule has 2 fully saturated rings. The monoisotopic (exact) mass is 300 g/mol. The molecule has 3 rings (SSSR count). The summed E-state index contributed by atoms with van der Waals surface area (Å²) in [4.78, 5) is 19.2. The van der Waals surface area contributed by atoms with E-state index in [0.29, 0.717) is 5.82 Å². The number of amides is 1. The Hall–Kier alpha value is -1.57. The van der Waals surface area contributed by atoms with Gasteiger partial charge in [-0.2, -0.15) is 4.98 Å². The first-order valence-electron chi connectivity index (χ1n) is 7.01. The Bertz CT molecular complexity index is 542. The first-order chi connectivity index (χ1) is 9.85. The van der Waals surface area contributed by atoms with Crippen LogP contribution in [-0.2, 0) is 4.79 Å². The molecular weight excluding hydrogens is 282 g/mol. The number of likely N-dealkylation sites (N-methyl/N-ethyl adjacent to an activating group) is 1. The fourth-order valence-electron chi connectivity index (χ4n) is 2.55. The molecule has 8 heteroatoms. The Morgan fingerprint density at radius 2 is 2.19 bits per heavy atom. The summed E-state index contributed by atoms with van der Waals surface area (Å²) in [6.45, 7) is -0.512. The summed E-state index contributed by atoms with van der Waals surface area (Å²) in [6, 6.07) is -0.826. The second-order valence-electron chi connectivity index (χ2n) is 6.10. The van der Waals surface area contributed by atoms with Crippen molar-refractivity contribution >= 4 is 5.91 Å². The van der Waals surface area contributed by atoms with Crippen molar-refractivity contribution in [1.82, 2.24) is 19.9 Å². The average Bonchev–Trinajstić information content (AvgIpc) is 3.00. The molecule has 1 saturated heterocycles. The van der Waals surface area contributed by atoms with Crippen molar-refractivity contribution in [2.75, 3.05) is 27.2 Å². The van der Waals surface area contributed by atoms with Crippen LogP contribution >= 0.6 is 0 Å². The SMILES string of the molecule is CN(C)CC(=O)N1CC(F)(F)CC1c1nc(C2CC2)no1. The Labute approximate surface area is 121 Å². The second-order valence-corrected chi connectivity index (χ2v) is 6.10. The number of hydrogen-bond donors (Lipinski definition) is 0. The van der Waals surface area contributed by atoms with E-state index in [-0.39, 0.29) is 24.3 Å². The number of rotatable bonds is 4. The van der Waals surface area contributed by atoms with Crippen molar-refractivity contribution in [1.29, 1.82) is 0 Å². The first-order valence-corrected chi connectivity index (χ1v) is 7.01. The molecule has 1 saturated carbocycles. The Morgan fingerprint density at radius 1 is 1.48 bits per heavy atom. The maximum Gasteiger partial charge on any atom is 0.267 e. The summed E-state index contributed by atoms with van der Waals surface area (Å²) >= 11 is 0. The molecule has 116 valence electrons. The van der Waals surface area contributed by atoms with Crippen LogP contribution in [0.2, 0.25) is 0 Å². The molecule has 1 unspecified atom stereocenters. The number of alkyl halides is 2. The number of likely N-dealkylation sites (tertiary alicyclic amines) is 1. The Morgan fingerprint density at radius 3 is 2.81 bits per heavy atom. The van der Waals surface area contributed by atoms with Crippen LogP contribution in [0, 0.1) is 0 Å². The van der Waals surface area contributed by atoms with E-state index in [9.17, 15) is 13.6 Å². The highest BCUT2D eigenvalue weighted by atomic mass is 19.3. The fourth-order valence-corrected chi connectivity index (χ4v) is 2.55. The van der Waals surface area contributed by atoms with E-state index >= 15 is 0 Å². The van der Waals surface area contributed by atoms with E-state index in [0.717, 1.165) is 17.7 Å². The van der Waals surface area contributed by atoms with E-state index in [1.165, 1.54) is 0 Å². The molecular formula is C13H18F2N4O2. The zero-order chi connectivity index (χ0) is 15.2. The van der Waals surface area contributed by atoms with Crippen LogP contribution in [0.15, 0.2) is 4.52 Å². The molecule has 0 aromatic carbocycles. The summed E-state index contributed by atoms with van der Waals surface area (Å²) < 4.78 is 32.5. The topological polar surface area (TPSA) is 62.5 Å². The zero-order valence-electron chi connectivity index (χ0n) is 12.1. The molecule has 1 aliphatic carbocycles. The van der Waals surface area contributed by atoms with E-state index in [1.807, 2.05) is 0 Å². The van der Waals surface area contributed by atoms with Gasteiger partial charge in [0, 0.05) is 12.3 Å². The van der Waals surface area contributed by atoms with Crippen molar-refractivity contribution in [3.05, 3.63) is 11.7 Å². The molecule has 2 heterocycles. The van der Waals surface area contributed by atoms with E-state index in [1.54, 1.807) is 19.0 Å². The zero-order valence-corrected chi connectivity index (χ0v) is 12.1. The number of carbonyl (C=O) groups excluding carboxylic acids is 1. The van der Waals surface area contributed by atoms with Crippen molar-refractivity contribution in [2.45, 2.75) is 37.1 Å². The van der Waals surface area contributed by atoms with Crippen LogP contribution in [0.5, 0.6) is 0 Å². The molecule has 21 heavy (non-hydrogen) atoms. The smallest absolute Gasteiger partial charge is 0.267 e. The maximum atomic E-state index is 13.7. The molecule has 0 radical (unpaired) electrons. The van der Waals surface area contributed by atoms with Crippen LogP contribution in [0.4, 0.5) is 8.78 Å². The molecule has 1 atom stereocenters. The summed E-state index contributed by atoms with van der Waals surface area (Å²) in [7, 11) is 3.44. The minimum atomic E-state index is -2.92. The van der Waals surface area contributed by atoms with Crippen LogP contribution in [-0.4, -0.2) is 59.0 Å². The van der Waals surface area contributed by atoms with Gasteiger partial charge in [0.1, 0.15) is 6.04 Å². The fraction of sp³-hybridized carbons (Fsp3) is 0.769. The van der Waals surface area contributed by atoms with Crippen molar-refractivity contribution in [3.8, 4) is 0 Å². The highest BCUT2D eigenvalue weighted by Crippen LogP contribution is 2.42. The number of aromatic nitrogens is 2. The van der Waals surface area contributed by atoms with Gasteiger partial charge in [0.25, 0.3) is 5.92 Å². The lowest BCUT2D eigenvalue weighted by Gasteiger charge is -2.22. The third-order valence-corrected chi connectivity index (χ3v) is 3.73. The Kier molecular flexibility index (Phi) is 3.43. The van der Waals surface area contributed by atoms with Gasteiger partial charge in [0.2, 0.25) is 11.8 Å². The van der Waals surface area contributed by atoms with Gasteiger partial charge in [-0.05, 0) is 26.9 Å². The van der Waals surface area contributed by atoms with Crippen LogP contribution < -0.4 is 0 Å². The lowest BCUT2D eigenvalue weighted by molar-refractivity contribution is -0.134. The van der Waals surface area contributed by atoms with Gasteiger partial charge in [0.15, 0.2) is 5.82 Å². The largest absolute Gasteiger partial charge is 0.337 e. The van der Waals surface area contributed by atoms with Gasteiger partial charge >= 0.3 is 0 Å². The maximum absolute atomic E-state index is 13.7. The molecule has 1 amide bonds. The molecule has 0 N–H and O–H groups in total. The molecule has 0 spiro atoms. The normalized spacial score (nSPS) is 24.8. The van der Waals surface area contributed by atoms with Gasteiger partial charge in [-0.15, -0.1) is 0 Å². The standard InChI is InChI=1S/C13H18F2N4O2/c1-18(2)6-10(20)19-7-13(14,15)5-9(19)12-16-11(17-21-12)8-3-4-8/h8-9H,3-7H2,1-2H3. The summed E-state index contributed by atoms with van der Waals surface area (Å²) in [5.41, 5.74) is 0. The van der Waals surface area contributed by atoms with Crippen molar-refractivity contribution in [2.24, 2.45) is 0 Å². The highest BCUT2D eigenvalue weighted by molar-refractivity contribution is 5.79. The van der Waals surface area contributed by atoms with Crippen LogP contribution in [0.25, 0.3) is 0 Å². The third-order valence-electron chi connectivity index (χ3n) is 3.73. The first kappa shape index (κ1) is 14.4. The van der Waals surface area contributed by atoms with Gasteiger partial charge in [0.05, 0.1) is 13.1 Å². The molecule has 6 nitrogen and oxygen atoms in total. The summed E-state index contributed by atoms with van der Waals surface area (Å²) in [6.07, 6.45) is 1.55. The van der Waals surface area contributed by atoms with E-state index in [2.05, 4.69) is 10.1 Å². The third kappa shape index (κ3) is 3.04. The van der Waals surface area contributed by atoms with E-state index < -0.39 is 24.9 Å². The minimum Gasteiger partial charge on any atom is -0.337 e. The predicted molar refractivity (Wildman–Crippen MR) is 68.8 cm³/mol. The minimum absolute atomic E-state index is 0.0796. The molecule has 1 aromatic heterocycles. The number of nitrogens with zero attached hydrogens (tertiary/aromatic N) is 4. The van der Waals surface area contributed by atoms with Crippen LogP contribution in [0.3, 0.4) is 0 Å². The molecule has 2 aliphatic rings. The van der Waals surface area contributed by atoms with Gasteiger partial charge in [-0.3, -0.25) is 4.79 Å². The molecule has 1 aromatic rings. The molecule has 0 bridgehead atoms. The highest BCUT2D eigenvalue weighted by Gasteiger charge is 2.50. The Balaban J connectivity index is 1.80. The predicted octanol–water partition coefficient (Wildman–Crippen LogP) is 1.42. The van der Waals surface area contributed by atoms with Crippen molar-refractivity contribution in [3.63, 3.8) is 0 Å².